The molecule has 1 amide bonds. The first-order valence-electron chi connectivity index (χ1n) is 8.61. The van der Waals surface area contributed by atoms with Gasteiger partial charge in [0.1, 0.15) is 18.2 Å². The number of halogens is 2. The van der Waals surface area contributed by atoms with Crippen LogP contribution in [0, 0.1) is 30.6 Å². The number of carbonyl (C=O) groups is 1. The van der Waals surface area contributed by atoms with Gasteiger partial charge in [-0.2, -0.15) is 5.26 Å². The Labute approximate surface area is 179 Å². The van der Waals surface area contributed by atoms with E-state index in [0.29, 0.717) is 34.4 Å². The number of nitrogens with one attached hydrogen (secondary N) is 1. The molecule has 5 nitrogen and oxygen atoms in total. The van der Waals surface area contributed by atoms with Crippen LogP contribution in [0.15, 0.2) is 35.9 Å². The van der Waals surface area contributed by atoms with Crippen molar-refractivity contribution in [2.75, 3.05) is 18.5 Å². The molecule has 0 radical (unpaired) electrons. The van der Waals surface area contributed by atoms with Crippen molar-refractivity contribution in [2.24, 2.45) is 0 Å². The number of anilines is 1. The zero-order valence-electron chi connectivity index (χ0n) is 15.9. The number of benzene rings is 2. The van der Waals surface area contributed by atoms with Crippen LogP contribution in [0.4, 0.5) is 5.69 Å². The van der Waals surface area contributed by atoms with Crippen LogP contribution in [0.3, 0.4) is 0 Å². The van der Waals surface area contributed by atoms with Crippen molar-refractivity contribution in [3.05, 3.63) is 57.1 Å². The second kappa shape index (κ2) is 10.4. The van der Waals surface area contributed by atoms with Gasteiger partial charge < -0.3 is 14.8 Å². The van der Waals surface area contributed by atoms with Crippen molar-refractivity contribution in [1.82, 2.24) is 0 Å². The highest BCUT2D eigenvalue weighted by atomic mass is 35.5. The molecule has 0 aromatic heterocycles. The van der Waals surface area contributed by atoms with E-state index >= 15 is 0 Å². The van der Waals surface area contributed by atoms with Gasteiger partial charge in [-0.3, -0.25) is 4.79 Å². The van der Waals surface area contributed by atoms with Crippen molar-refractivity contribution in [3.8, 4) is 29.9 Å². The van der Waals surface area contributed by atoms with Crippen LogP contribution < -0.4 is 14.8 Å². The lowest BCUT2D eigenvalue weighted by Gasteiger charge is -2.13. The Kier molecular flexibility index (Phi) is 7.98. The minimum atomic E-state index is -0.570. The van der Waals surface area contributed by atoms with Crippen molar-refractivity contribution in [3.63, 3.8) is 0 Å². The third kappa shape index (κ3) is 5.93. The molecule has 0 aliphatic heterocycles. The quantitative estimate of drug-likeness (QED) is 0.370. The number of nitriles is 1. The van der Waals surface area contributed by atoms with Crippen LogP contribution >= 0.6 is 23.2 Å². The molecule has 0 atom stereocenters. The van der Waals surface area contributed by atoms with Gasteiger partial charge in [-0.1, -0.05) is 35.2 Å². The summed E-state index contributed by atoms with van der Waals surface area (Å²) in [7, 11) is 0. The topological polar surface area (TPSA) is 71.3 Å². The molecule has 2 aromatic carbocycles. The zero-order chi connectivity index (χ0) is 21.4. The molecule has 0 aliphatic rings. The smallest absolute Gasteiger partial charge is 0.266 e. The summed E-state index contributed by atoms with van der Waals surface area (Å²) < 4.78 is 11.0. The van der Waals surface area contributed by atoms with E-state index in [4.69, 9.17) is 39.1 Å². The fraction of sp³-hybridized carbons (Fsp3) is 0.182. The zero-order valence-corrected chi connectivity index (χ0v) is 17.4. The molecule has 148 valence electrons. The molecular weight excluding hydrogens is 411 g/mol. The van der Waals surface area contributed by atoms with Gasteiger partial charge in [0.25, 0.3) is 5.91 Å². The van der Waals surface area contributed by atoms with Crippen molar-refractivity contribution in [1.29, 1.82) is 5.26 Å². The van der Waals surface area contributed by atoms with Gasteiger partial charge >= 0.3 is 0 Å². The molecule has 2 aromatic rings. The summed E-state index contributed by atoms with van der Waals surface area (Å²) in [6.07, 6.45) is 6.63. The average molecular weight is 429 g/mol. The van der Waals surface area contributed by atoms with E-state index in [-0.39, 0.29) is 17.2 Å². The second-order valence-corrected chi connectivity index (χ2v) is 6.68. The number of hydrogen-bond acceptors (Lipinski definition) is 4. The van der Waals surface area contributed by atoms with Crippen LogP contribution in [0.25, 0.3) is 6.08 Å². The van der Waals surface area contributed by atoms with Crippen LogP contribution in [0.1, 0.15) is 18.1 Å². The van der Waals surface area contributed by atoms with Gasteiger partial charge in [0.05, 0.1) is 11.6 Å². The Morgan fingerprint density at radius 2 is 2.03 bits per heavy atom. The Balaban J connectivity index is 2.36. The number of nitrogens with zero attached hydrogens (tertiary/aromatic N) is 1. The summed E-state index contributed by atoms with van der Waals surface area (Å²) in [6, 6.07) is 10.2. The molecule has 0 fully saturated rings. The Bertz CT molecular complexity index is 1030. The SMILES string of the molecule is C#CCOc1c(Cl)cc(/C=C(\C#N)C(=O)Nc2cc(Cl)ccc2C)cc1OCC. The standard InChI is InChI=1S/C22H18Cl2N2O3/c1-4-8-29-21-18(24)10-15(11-20(21)28-5-2)9-16(13-25)22(27)26-19-12-17(23)7-6-14(19)3/h1,6-7,9-12H,5,8H2,2-3H3,(H,26,27)/b16-9+. The fourth-order valence-electron chi connectivity index (χ4n) is 2.42. The summed E-state index contributed by atoms with van der Waals surface area (Å²) in [5, 5.41) is 12.9. The summed E-state index contributed by atoms with van der Waals surface area (Å²) in [5.74, 6) is 2.46. The average Bonchev–Trinajstić information content (AvgIpc) is 2.68. The lowest BCUT2D eigenvalue weighted by molar-refractivity contribution is -0.112. The number of amides is 1. The molecule has 7 heteroatoms. The summed E-state index contributed by atoms with van der Waals surface area (Å²) >= 11 is 12.3. The molecule has 0 aliphatic carbocycles. The minimum absolute atomic E-state index is 0.0276. The first-order chi connectivity index (χ1) is 13.9. The summed E-state index contributed by atoms with van der Waals surface area (Å²) in [6.45, 7) is 4.03. The maximum absolute atomic E-state index is 12.6. The lowest BCUT2D eigenvalue weighted by Crippen LogP contribution is -2.14. The molecule has 29 heavy (non-hydrogen) atoms. The van der Waals surface area contributed by atoms with Crippen molar-refractivity contribution >= 4 is 40.9 Å². The molecule has 0 heterocycles. The van der Waals surface area contributed by atoms with Gasteiger partial charge in [0, 0.05) is 10.7 Å². The molecule has 1 N–H and O–H groups in total. The highest BCUT2D eigenvalue weighted by molar-refractivity contribution is 6.32. The first kappa shape index (κ1) is 22.2. The predicted molar refractivity (Wildman–Crippen MR) is 115 cm³/mol. The minimum Gasteiger partial charge on any atom is -0.490 e. The van der Waals surface area contributed by atoms with Crippen LogP contribution in [0.5, 0.6) is 11.5 Å². The van der Waals surface area contributed by atoms with Gasteiger partial charge in [-0.05, 0) is 55.3 Å². The van der Waals surface area contributed by atoms with Gasteiger partial charge in [0.2, 0.25) is 0 Å². The summed E-state index contributed by atoms with van der Waals surface area (Å²) in [4.78, 5) is 12.6. The van der Waals surface area contributed by atoms with Gasteiger partial charge in [-0.15, -0.1) is 6.42 Å². The molecule has 2 rings (SSSR count). The molecule has 0 unspecified atom stereocenters. The van der Waals surface area contributed by atoms with Crippen LogP contribution in [-0.2, 0) is 4.79 Å². The number of hydrogen-bond donors (Lipinski definition) is 1. The van der Waals surface area contributed by atoms with Crippen molar-refractivity contribution < 1.29 is 14.3 Å². The predicted octanol–water partition coefficient (Wildman–Crippen LogP) is 5.26. The van der Waals surface area contributed by atoms with Gasteiger partial charge in [-0.25, -0.2) is 0 Å². The Morgan fingerprint density at radius 3 is 2.69 bits per heavy atom. The third-order valence-corrected chi connectivity index (χ3v) is 4.27. The van der Waals surface area contributed by atoms with E-state index < -0.39 is 5.91 Å². The first-order valence-corrected chi connectivity index (χ1v) is 9.37. The van der Waals surface area contributed by atoms with Crippen LogP contribution in [-0.4, -0.2) is 19.1 Å². The second-order valence-electron chi connectivity index (χ2n) is 5.84. The molecular formula is C22H18Cl2N2O3. The largest absolute Gasteiger partial charge is 0.490 e. The molecule has 0 saturated heterocycles. The maximum atomic E-state index is 12.6. The molecule has 0 saturated carbocycles. The number of ether oxygens (including phenoxy) is 2. The highest BCUT2D eigenvalue weighted by Gasteiger charge is 2.15. The monoisotopic (exact) mass is 428 g/mol. The van der Waals surface area contributed by atoms with E-state index in [2.05, 4.69) is 11.2 Å². The molecule has 0 bridgehead atoms. The van der Waals surface area contributed by atoms with Crippen LogP contribution in [0.2, 0.25) is 10.0 Å². The summed E-state index contributed by atoms with van der Waals surface area (Å²) in [5.41, 5.74) is 1.73. The van der Waals surface area contributed by atoms with E-state index in [1.807, 2.05) is 19.9 Å². The van der Waals surface area contributed by atoms with Crippen molar-refractivity contribution in [2.45, 2.75) is 13.8 Å². The number of aryl methyl sites for hydroxylation is 1. The number of carbonyl (C=O) groups excluding carboxylic acids is 1. The Hall–Kier alpha value is -3.12. The number of terminal acetylenes is 1. The Morgan fingerprint density at radius 1 is 1.28 bits per heavy atom. The lowest BCUT2D eigenvalue weighted by atomic mass is 10.1. The number of rotatable bonds is 7. The maximum Gasteiger partial charge on any atom is 0.266 e. The normalized spacial score (nSPS) is 10.6. The van der Waals surface area contributed by atoms with E-state index in [9.17, 15) is 10.1 Å². The highest BCUT2D eigenvalue weighted by Crippen LogP contribution is 2.37. The van der Waals surface area contributed by atoms with E-state index in [1.165, 1.54) is 6.08 Å². The van der Waals surface area contributed by atoms with E-state index in [0.717, 1.165) is 5.56 Å². The third-order valence-electron chi connectivity index (χ3n) is 3.76. The van der Waals surface area contributed by atoms with Gasteiger partial charge in [0.15, 0.2) is 11.5 Å². The fourth-order valence-corrected chi connectivity index (χ4v) is 2.87. The molecule has 0 spiro atoms. The van der Waals surface area contributed by atoms with E-state index in [1.54, 1.807) is 30.3 Å².